The first-order valence-corrected chi connectivity index (χ1v) is 10.8. The number of hydrogen-bond donors (Lipinski definition) is 2. The van der Waals surface area contributed by atoms with Crippen LogP contribution in [-0.2, 0) is 4.79 Å². The third kappa shape index (κ3) is 4.32. The lowest BCUT2D eigenvalue weighted by molar-refractivity contribution is -0.120. The first-order chi connectivity index (χ1) is 14.4. The van der Waals surface area contributed by atoms with E-state index < -0.39 is 0 Å². The summed E-state index contributed by atoms with van der Waals surface area (Å²) in [5.74, 6) is -0.398. The SMILES string of the molecule is CC1C(C(=O)NN2CCC(O)CC2)=NN(c2ccccc2Cl)C1c1ccc(Cl)cc1. The largest absolute Gasteiger partial charge is 0.393 e. The predicted octanol–water partition coefficient (Wildman–Crippen LogP) is 4.03. The van der Waals surface area contributed by atoms with Crippen LogP contribution in [0.5, 0.6) is 0 Å². The van der Waals surface area contributed by atoms with Crippen molar-refractivity contribution in [3.05, 3.63) is 64.1 Å². The molecule has 0 bridgehead atoms. The van der Waals surface area contributed by atoms with Crippen LogP contribution in [-0.4, -0.2) is 40.9 Å². The van der Waals surface area contributed by atoms with Crippen molar-refractivity contribution in [2.75, 3.05) is 18.1 Å². The maximum atomic E-state index is 13.1. The summed E-state index contributed by atoms with van der Waals surface area (Å²) in [4.78, 5) is 13.1. The number of aliphatic hydroxyl groups is 1. The van der Waals surface area contributed by atoms with Gasteiger partial charge in [0.05, 0.1) is 22.9 Å². The van der Waals surface area contributed by atoms with Gasteiger partial charge in [-0.2, -0.15) is 5.10 Å². The summed E-state index contributed by atoms with van der Waals surface area (Å²) in [6.07, 6.45) is 0.981. The Hall–Kier alpha value is -2.12. The summed E-state index contributed by atoms with van der Waals surface area (Å²) in [5.41, 5.74) is 5.14. The second-order valence-corrected chi connectivity index (χ2v) is 8.57. The summed E-state index contributed by atoms with van der Waals surface area (Å²) in [6.45, 7) is 3.22. The maximum Gasteiger partial charge on any atom is 0.282 e. The second-order valence-electron chi connectivity index (χ2n) is 7.73. The van der Waals surface area contributed by atoms with Gasteiger partial charge in [0.25, 0.3) is 5.91 Å². The first kappa shape index (κ1) is 21.1. The first-order valence-electron chi connectivity index (χ1n) is 10.1. The van der Waals surface area contributed by atoms with Crippen molar-refractivity contribution in [2.45, 2.75) is 31.9 Å². The van der Waals surface area contributed by atoms with E-state index in [1.54, 1.807) is 0 Å². The molecule has 0 aromatic heterocycles. The van der Waals surface area contributed by atoms with Gasteiger partial charge in [0.2, 0.25) is 0 Å². The molecule has 2 atom stereocenters. The average molecular weight is 447 g/mol. The van der Waals surface area contributed by atoms with E-state index in [9.17, 15) is 9.90 Å². The molecule has 0 radical (unpaired) electrons. The van der Waals surface area contributed by atoms with E-state index in [1.807, 2.05) is 65.5 Å². The van der Waals surface area contributed by atoms with Gasteiger partial charge < -0.3 is 5.11 Å². The zero-order chi connectivity index (χ0) is 21.3. The Morgan fingerprint density at radius 3 is 2.43 bits per heavy atom. The van der Waals surface area contributed by atoms with Crippen LogP contribution in [0.3, 0.4) is 0 Å². The van der Waals surface area contributed by atoms with Gasteiger partial charge in [-0.15, -0.1) is 0 Å². The van der Waals surface area contributed by atoms with Crippen molar-refractivity contribution in [3.63, 3.8) is 0 Å². The number of carbonyl (C=O) groups is 1. The van der Waals surface area contributed by atoms with Crippen molar-refractivity contribution < 1.29 is 9.90 Å². The number of carbonyl (C=O) groups excluding carboxylic acids is 1. The van der Waals surface area contributed by atoms with E-state index in [0.29, 0.717) is 41.7 Å². The van der Waals surface area contributed by atoms with Gasteiger partial charge in [0.15, 0.2) is 0 Å². The summed E-state index contributed by atoms with van der Waals surface area (Å²) in [5, 5.41) is 19.3. The number of piperidine rings is 1. The molecular weight excluding hydrogens is 423 g/mol. The number of nitrogens with zero attached hydrogens (tertiary/aromatic N) is 3. The van der Waals surface area contributed by atoms with E-state index in [-0.39, 0.29) is 24.0 Å². The minimum atomic E-state index is -0.300. The molecule has 158 valence electrons. The molecule has 8 heteroatoms. The average Bonchev–Trinajstić information content (AvgIpc) is 3.08. The van der Waals surface area contributed by atoms with Crippen LogP contribution < -0.4 is 10.4 Å². The molecule has 2 heterocycles. The third-order valence-corrected chi connectivity index (χ3v) is 6.22. The molecule has 2 aliphatic heterocycles. The highest BCUT2D eigenvalue weighted by Crippen LogP contribution is 2.41. The maximum absolute atomic E-state index is 13.1. The van der Waals surface area contributed by atoms with Crippen LogP contribution in [0, 0.1) is 5.92 Å². The smallest absolute Gasteiger partial charge is 0.282 e. The highest BCUT2D eigenvalue weighted by molar-refractivity contribution is 6.40. The topological polar surface area (TPSA) is 68.2 Å². The molecule has 1 fully saturated rings. The minimum absolute atomic E-state index is 0.169. The van der Waals surface area contributed by atoms with Gasteiger partial charge in [0.1, 0.15) is 5.71 Å². The van der Waals surface area contributed by atoms with Crippen molar-refractivity contribution in [3.8, 4) is 0 Å². The molecule has 2 N–H and O–H groups in total. The van der Waals surface area contributed by atoms with Crippen molar-refractivity contribution in [1.29, 1.82) is 0 Å². The molecule has 1 saturated heterocycles. The van der Waals surface area contributed by atoms with Crippen molar-refractivity contribution in [1.82, 2.24) is 10.4 Å². The van der Waals surface area contributed by atoms with Crippen LogP contribution in [0.1, 0.15) is 31.4 Å². The number of hydrogen-bond acceptors (Lipinski definition) is 5. The summed E-state index contributed by atoms with van der Waals surface area (Å²) in [7, 11) is 0. The van der Waals surface area contributed by atoms with Crippen LogP contribution in [0.4, 0.5) is 5.69 Å². The number of aliphatic hydroxyl groups excluding tert-OH is 1. The fourth-order valence-corrected chi connectivity index (χ4v) is 4.34. The third-order valence-electron chi connectivity index (χ3n) is 5.65. The molecule has 1 amide bonds. The molecule has 30 heavy (non-hydrogen) atoms. The van der Waals surface area contributed by atoms with Gasteiger partial charge in [-0.1, -0.05) is 54.4 Å². The van der Waals surface area contributed by atoms with Crippen LogP contribution >= 0.6 is 23.2 Å². The number of rotatable bonds is 4. The molecule has 2 aromatic rings. The fraction of sp³-hybridized carbons (Fsp3) is 0.364. The summed E-state index contributed by atoms with van der Waals surface area (Å²) >= 11 is 12.5. The molecule has 6 nitrogen and oxygen atoms in total. The molecule has 4 rings (SSSR count). The zero-order valence-corrected chi connectivity index (χ0v) is 18.1. The Balaban J connectivity index is 1.63. The molecular formula is C22H24Cl2N4O2. The highest BCUT2D eigenvalue weighted by Gasteiger charge is 2.40. The Morgan fingerprint density at radius 1 is 1.10 bits per heavy atom. The summed E-state index contributed by atoms with van der Waals surface area (Å²) < 4.78 is 0. The number of anilines is 1. The lowest BCUT2D eigenvalue weighted by Gasteiger charge is -2.30. The van der Waals surface area contributed by atoms with E-state index in [0.717, 1.165) is 11.3 Å². The number of hydrazone groups is 1. The number of para-hydroxylation sites is 1. The van der Waals surface area contributed by atoms with Crippen LogP contribution in [0.25, 0.3) is 0 Å². The normalized spacial score (nSPS) is 22.8. The van der Waals surface area contributed by atoms with Crippen LogP contribution in [0.15, 0.2) is 53.6 Å². The molecule has 0 spiro atoms. The minimum Gasteiger partial charge on any atom is -0.393 e. The van der Waals surface area contributed by atoms with Gasteiger partial charge in [-0.05, 0) is 42.7 Å². The number of benzene rings is 2. The zero-order valence-electron chi connectivity index (χ0n) is 16.6. The Bertz CT molecular complexity index is 942. The molecule has 0 aliphatic carbocycles. The molecule has 0 saturated carbocycles. The van der Waals surface area contributed by atoms with Crippen molar-refractivity contribution >= 4 is 40.5 Å². The molecule has 2 aromatic carbocycles. The van der Waals surface area contributed by atoms with Gasteiger partial charge in [-0.3, -0.25) is 15.2 Å². The van der Waals surface area contributed by atoms with E-state index in [1.165, 1.54) is 0 Å². The van der Waals surface area contributed by atoms with E-state index in [4.69, 9.17) is 28.3 Å². The highest BCUT2D eigenvalue weighted by atomic mass is 35.5. The Morgan fingerprint density at radius 2 is 1.77 bits per heavy atom. The van der Waals surface area contributed by atoms with Gasteiger partial charge in [0, 0.05) is 24.0 Å². The quantitative estimate of drug-likeness (QED) is 0.743. The number of halogens is 2. The predicted molar refractivity (Wildman–Crippen MR) is 120 cm³/mol. The Labute approximate surface area is 186 Å². The number of amides is 1. The van der Waals surface area contributed by atoms with Crippen LogP contribution in [0.2, 0.25) is 10.0 Å². The number of hydrazine groups is 1. The Kier molecular flexibility index (Phi) is 6.29. The van der Waals surface area contributed by atoms with E-state index in [2.05, 4.69) is 5.43 Å². The monoisotopic (exact) mass is 446 g/mol. The standard InChI is InChI=1S/C22H24Cl2N4O2/c1-14-20(22(30)26-27-12-10-17(29)11-13-27)25-28(19-5-3-2-4-18(19)24)21(14)15-6-8-16(23)9-7-15/h2-9,14,17,21,29H,10-13H2,1H3,(H,26,30). The van der Waals surface area contributed by atoms with Crippen molar-refractivity contribution in [2.24, 2.45) is 11.0 Å². The van der Waals surface area contributed by atoms with Gasteiger partial charge >= 0.3 is 0 Å². The lowest BCUT2D eigenvalue weighted by atomic mass is 9.91. The number of nitrogens with one attached hydrogen (secondary N) is 1. The lowest BCUT2D eigenvalue weighted by Crippen LogP contribution is -2.50. The van der Waals surface area contributed by atoms with Gasteiger partial charge in [-0.25, -0.2) is 5.01 Å². The van der Waals surface area contributed by atoms with E-state index >= 15 is 0 Å². The molecule has 2 aliphatic rings. The fourth-order valence-electron chi connectivity index (χ4n) is 3.99. The molecule has 2 unspecified atom stereocenters. The second kappa shape index (κ2) is 8.94. The summed E-state index contributed by atoms with van der Waals surface area (Å²) in [6, 6.07) is 14.9.